The van der Waals surface area contributed by atoms with E-state index in [0.717, 1.165) is 17.5 Å². The minimum Gasteiger partial charge on any atom is -0.360 e. The van der Waals surface area contributed by atoms with Gasteiger partial charge < -0.3 is 10.1 Å². The Morgan fingerprint density at radius 2 is 1.97 bits per heavy atom. The number of aromatic nitrogens is 2. The second-order valence-corrected chi connectivity index (χ2v) is 16.8. The second kappa shape index (κ2) is 8.65. The zero-order valence-corrected chi connectivity index (χ0v) is 20.9. The van der Waals surface area contributed by atoms with Crippen LogP contribution in [0, 0.1) is 6.92 Å². The number of amides is 1. The van der Waals surface area contributed by atoms with E-state index in [1.807, 2.05) is 20.8 Å². The maximum absolute atomic E-state index is 13.0. The van der Waals surface area contributed by atoms with Crippen LogP contribution in [0.3, 0.4) is 0 Å². The number of rotatable bonds is 7. The number of hydrogen-bond donors (Lipinski definition) is 1. The summed E-state index contributed by atoms with van der Waals surface area (Å²) in [7, 11) is -1.14. The summed E-state index contributed by atoms with van der Waals surface area (Å²) in [6, 6.07) is 9.64. The Kier molecular flexibility index (Phi) is 6.55. The van der Waals surface area contributed by atoms with E-state index in [0.29, 0.717) is 18.0 Å². The molecule has 0 aliphatic heterocycles. The molecule has 162 valence electrons. The molecule has 3 aromatic rings. The quantitative estimate of drug-likeness (QED) is 0.364. The minimum atomic E-state index is -1.14. The van der Waals surface area contributed by atoms with Gasteiger partial charge in [-0.1, -0.05) is 37.3 Å². The Labute approximate surface area is 184 Å². The molecule has 2 aromatic heterocycles. The van der Waals surface area contributed by atoms with Crippen LogP contribution >= 0.6 is 11.3 Å². The van der Waals surface area contributed by atoms with Crippen molar-refractivity contribution in [2.45, 2.75) is 65.6 Å². The lowest BCUT2D eigenvalue weighted by Crippen LogP contribution is -2.40. The predicted molar refractivity (Wildman–Crippen MR) is 129 cm³/mol. The fraction of sp³-hybridized carbons (Fsp3) is 0.478. The molecular weight excluding hydrogens is 410 g/mol. The van der Waals surface area contributed by atoms with Crippen molar-refractivity contribution in [1.29, 1.82) is 0 Å². The summed E-state index contributed by atoms with van der Waals surface area (Å²) in [6.07, 6.45) is 1.81. The van der Waals surface area contributed by atoms with Gasteiger partial charge in [-0.25, -0.2) is 4.68 Å². The molecule has 7 heteroatoms. The van der Waals surface area contributed by atoms with Gasteiger partial charge in [-0.2, -0.15) is 5.10 Å². The molecule has 30 heavy (non-hydrogen) atoms. The van der Waals surface area contributed by atoms with Gasteiger partial charge in [0.1, 0.15) is 12.4 Å². The average molecular weight is 444 g/mol. The van der Waals surface area contributed by atoms with E-state index >= 15 is 0 Å². The number of benzene rings is 1. The summed E-state index contributed by atoms with van der Waals surface area (Å²) in [5.74, 6) is -0.112. The molecule has 0 fully saturated rings. The van der Waals surface area contributed by atoms with Crippen LogP contribution in [0.4, 0.5) is 0 Å². The molecule has 5 nitrogen and oxygen atoms in total. The molecule has 1 amide bonds. The van der Waals surface area contributed by atoms with Gasteiger partial charge in [0.2, 0.25) is 0 Å². The highest BCUT2D eigenvalue weighted by atomic mass is 32.1. The lowest BCUT2D eigenvalue weighted by atomic mass is 10.1. The van der Waals surface area contributed by atoms with E-state index in [1.165, 1.54) is 15.6 Å². The van der Waals surface area contributed by atoms with Crippen LogP contribution in [0.2, 0.25) is 25.7 Å². The van der Waals surface area contributed by atoms with Crippen LogP contribution in [0.15, 0.2) is 30.5 Å². The molecule has 0 saturated heterocycles. The van der Waals surface area contributed by atoms with Gasteiger partial charge in [0, 0.05) is 31.1 Å². The first kappa shape index (κ1) is 22.7. The number of nitrogens with one attached hydrogen (secondary N) is 1. The highest BCUT2D eigenvalue weighted by molar-refractivity contribution is 7.22. The average Bonchev–Trinajstić information content (AvgIpc) is 3.19. The molecule has 0 aliphatic rings. The summed E-state index contributed by atoms with van der Waals surface area (Å²) in [4.78, 5) is 14.0. The van der Waals surface area contributed by atoms with E-state index in [-0.39, 0.29) is 11.4 Å². The molecule has 0 aliphatic carbocycles. The normalized spacial score (nSPS) is 12.5. The first-order valence-corrected chi connectivity index (χ1v) is 14.9. The number of aryl methyl sites for hydroxylation is 1. The second-order valence-electron chi connectivity index (χ2n) is 10.1. The topological polar surface area (TPSA) is 56.2 Å². The van der Waals surface area contributed by atoms with Crippen LogP contribution in [0.5, 0.6) is 0 Å². The monoisotopic (exact) mass is 443 g/mol. The lowest BCUT2D eigenvalue weighted by Gasteiger charge is -2.20. The number of carbonyl (C=O) groups excluding carboxylic acids is 1. The van der Waals surface area contributed by atoms with Crippen molar-refractivity contribution in [3.05, 3.63) is 41.6 Å². The predicted octanol–water partition coefficient (Wildman–Crippen LogP) is 5.91. The molecule has 1 N–H and O–H groups in total. The molecule has 0 bridgehead atoms. The zero-order valence-electron chi connectivity index (χ0n) is 19.1. The molecule has 2 heterocycles. The Morgan fingerprint density at radius 1 is 1.23 bits per heavy atom. The smallest absolute Gasteiger partial charge is 0.255 e. The lowest BCUT2D eigenvalue weighted by molar-refractivity contribution is 0.0785. The first-order chi connectivity index (χ1) is 13.9. The van der Waals surface area contributed by atoms with E-state index in [2.05, 4.69) is 56.1 Å². The van der Waals surface area contributed by atoms with Crippen LogP contribution < -0.4 is 5.32 Å². The number of nitrogens with zero attached hydrogens (tertiary/aromatic N) is 2. The Balaban J connectivity index is 1.90. The van der Waals surface area contributed by atoms with Gasteiger partial charge in [-0.05, 0) is 51.3 Å². The molecule has 1 aromatic carbocycles. The van der Waals surface area contributed by atoms with E-state index in [1.54, 1.807) is 22.2 Å². The van der Waals surface area contributed by atoms with Crippen molar-refractivity contribution >= 4 is 35.4 Å². The molecule has 0 unspecified atom stereocenters. The molecule has 0 spiro atoms. The van der Waals surface area contributed by atoms with Crippen LogP contribution in [0.1, 0.15) is 36.7 Å². The third-order valence-corrected chi connectivity index (χ3v) is 7.45. The van der Waals surface area contributed by atoms with Crippen LogP contribution in [-0.4, -0.2) is 35.9 Å². The van der Waals surface area contributed by atoms with Crippen molar-refractivity contribution in [2.75, 3.05) is 6.61 Å². The zero-order chi connectivity index (χ0) is 22.1. The highest BCUT2D eigenvalue weighted by Gasteiger charge is 2.23. The number of ether oxygens (including phenoxy) is 1. The summed E-state index contributed by atoms with van der Waals surface area (Å²) >= 11 is 1.66. The maximum atomic E-state index is 13.0. The number of hydrogen-bond acceptors (Lipinski definition) is 4. The number of thiophene rings is 1. The van der Waals surface area contributed by atoms with Gasteiger partial charge >= 0.3 is 0 Å². The summed E-state index contributed by atoms with van der Waals surface area (Å²) < 4.78 is 8.80. The Bertz CT molecular complexity index is 1040. The third kappa shape index (κ3) is 6.03. The van der Waals surface area contributed by atoms with Gasteiger partial charge in [-0.15, -0.1) is 11.3 Å². The van der Waals surface area contributed by atoms with Crippen molar-refractivity contribution in [3.63, 3.8) is 0 Å². The van der Waals surface area contributed by atoms with Gasteiger partial charge in [0.05, 0.1) is 10.4 Å². The van der Waals surface area contributed by atoms with Gasteiger partial charge in [-0.3, -0.25) is 4.79 Å². The fourth-order valence-electron chi connectivity index (χ4n) is 3.06. The minimum absolute atomic E-state index is 0.112. The van der Waals surface area contributed by atoms with E-state index in [4.69, 9.17) is 9.84 Å². The van der Waals surface area contributed by atoms with Crippen molar-refractivity contribution in [2.24, 2.45) is 0 Å². The Hall–Kier alpha value is -1.96. The molecular formula is C23H33N3O2SSi. The largest absolute Gasteiger partial charge is 0.360 e. The van der Waals surface area contributed by atoms with Gasteiger partial charge in [0.15, 0.2) is 0 Å². The van der Waals surface area contributed by atoms with Crippen molar-refractivity contribution < 1.29 is 9.53 Å². The van der Waals surface area contributed by atoms with Crippen LogP contribution in [0.25, 0.3) is 20.7 Å². The SMILES string of the molecule is Cc1ccc2sc(-c3nn(COCC[Si](C)(C)C)cc3C(=O)NC(C)(C)C)cc2c1. The van der Waals surface area contributed by atoms with Crippen LogP contribution in [-0.2, 0) is 11.5 Å². The standard InChI is InChI=1S/C23H33N3O2SSi/c1-16-8-9-19-17(12-16)13-20(29-19)21-18(22(27)24-23(2,3)4)14-26(25-21)15-28-10-11-30(5,6)7/h8-9,12-14H,10-11,15H2,1-7H3,(H,24,27). The van der Waals surface area contributed by atoms with Crippen molar-refractivity contribution in [3.8, 4) is 10.6 Å². The van der Waals surface area contributed by atoms with E-state index < -0.39 is 8.07 Å². The summed E-state index contributed by atoms with van der Waals surface area (Å²) in [6.45, 7) is 16.1. The summed E-state index contributed by atoms with van der Waals surface area (Å²) in [5.41, 5.74) is 2.20. The third-order valence-electron chi connectivity index (χ3n) is 4.62. The summed E-state index contributed by atoms with van der Waals surface area (Å²) in [5, 5.41) is 8.98. The molecule has 3 rings (SSSR count). The maximum Gasteiger partial charge on any atom is 0.255 e. The number of fused-ring (bicyclic) bond motifs is 1. The molecule has 0 radical (unpaired) electrons. The van der Waals surface area contributed by atoms with E-state index in [9.17, 15) is 4.79 Å². The molecule has 0 atom stereocenters. The van der Waals surface area contributed by atoms with Gasteiger partial charge in [0.25, 0.3) is 5.91 Å². The highest BCUT2D eigenvalue weighted by Crippen LogP contribution is 2.35. The Morgan fingerprint density at radius 3 is 2.63 bits per heavy atom. The fourth-order valence-corrected chi connectivity index (χ4v) is 4.86. The first-order valence-electron chi connectivity index (χ1n) is 10.4. The van der Waals surface area contributed by atoms with Crippen molar-refractivity contribution in [1.82, 2.24) is 15.1 Å². The molecule has 0 saturated carbocycles. The number of carbonyl (C=O) groups is 1.